The molecule has 0 aliphatic carbocycles. The molecule has 4 nitrogen and oxygen atoms in total. The van der Waals surface area contributed by atoms with Crippen LogP contribution in [-0.4, -0.2) is 15.3 Å². The van der Waals surface area contributed by atoms with Crippen LogP contribution in [0.1, 0.15) is 40.4 Å². The van der Waals surface area contributed by atoms with Crippen molar-refractivity contribution in [1.29, 1.82) is 0 Å². The first-order valence-electron chi connectivity index (χ1n) is 8.12. The largest absolute Gasteiger partial charge is 0.350 e. The molecular formula is C20H19N3O. The minimum absolute atomic E-state index is 0.0146. The molecule has 1 aliphatic heterocycles. The molecule has 24 heavy (non-hydrogen) atoms. The Morgan fingerprint density at radius 2 is 2.21 bits per heavy atom. The monoisotopic (exact) mass is 317 g/mol. The van der Waals surface area contributed by atoms with E-state index in [1.165, 1.54) is 5.56 Å². The average molecular weight is 317 g/mol. The Labute approximate surface area is 140 Å². The Morgan fingerprint density at radius 3 is 3.04 bits per heavy atom. The molecule has 3 aromatic rings. The molecule has 0 spiro atoms. The Morgan fingerprint density at radius 1 is 1.33 bits per heavy atom. The second-order valence-electron chi connectivity index (χ2n) is 6.29. The molecule has 1 amide bonds. The molecule has 0 saturated carbocycles. The van der Waals surface area contributed by atoms with E-state index < -0.39 is 0 Å². The highest BCUT2D eigenvalue weighted by Gasteiger charge is 2.28. The van der Waals surface area contributed by atoms with Crippen molar-refractivity contribution in [2.45, 2.75) is 25.8 Å². The summed E-state index contributed by atoms with van der Waals surface area (Å²) in [6, 6.07) is 12.3. The zero-order valence-electron chi connectivity index (χ0n) is 13.6. The third-order valence-corrected chi connectivity index (χ3v) is 4.60. The lowest BCUT2D eigenvalue weighted by molar-refractivity contribution is -0.121. The lowest BCUT2D eigenvalue weighted by Crippen LogP contribution is -2.21. The minimum Gasteiger partial charge on any atom is -0.350 e. The van der Waals surface area contributed by atoms with Gasteiger partial charge in [0, 0.05) is 18.5 Å². The van der Waals surface area contributed by atoms with E-state index in [-0.39, 0.29) is 11.8 Å². The number of pyridine rings is 1. The maximum absolute atomic E-state index is 12.2. The Hall–Kier alpha value is -2.88. The van der Waals surface area contributed by atoms with E-state index in [0.717, 1.165) is 28.2 Å². The van der Waals surface area contributed by atoms with Crippen LogP contribution in [0.4, 0.5) is 0 Å². The number of nitrogens with one attached hydrogen (secondary N) is 1. The van der Waals surface area contributed by atoms with E-state index in [1.807, 2.05) is 24.3 Å². The number of amides is 1. The van der Waals surface area contributed by atoms with Gasteiger partial charge in [0.15, 0.2) is 0 Å². The van der Waals surface area contributed by atoms with Gasteiger partial charge < -0.3 is 9.72 Å². The fourth-order valence-corrected chi connectivity index (χ4v) is 3.43. The van der Waals surface area contributed by atoms with Gasteiger partial charge >= 0.3 is 0 Å². The lowest BCUT2D eigenvalue weighted by atomic mass is 9.90. The molecule has 0 bridgehead atoms. The van der Waals surface area contributed by atoms with Gasteiger partial charge in [-0.15, -0.1) is 0 Å². The normalized spacial score (nSPS) is 17.2. The number of benzene rings is 1. The topological polar surface area (TPSA) is 46.4 Å². The van der Waals surface area contributed by atoms with Crippen LogP contribution in [0.15, 0.2) is 49.2 Å². The highest BCUT2D eigenvalue weighted by Crippen LogP contribution is 2.33. The highest BCUT2D eigenvalue weighted by molar-refractivity contribution is 5.78. The smallest absolute Gasteiger partial charge is 0.221 e. The molecule has 1 N–H and O–H groups in total. The third kappa shape index (κ3) is 2.40. The molecule has 2 aromatic heterocycles. The van der Waals surface area contributed by atoms with Crippen LogP contribution in [0.3, 0.4) is 0 Å². The van der Waals surface area contributed by atoms with Crippen LogP contribution < -0.4 is 5.32 Å². The van der Waals surface area contributed by atoms with Gasteiger partial charge in [0.25, 0.3) is 0 Å². The molecule has 120 valence electrons. The molecule has 0 unspecified atom stereocenters. The van der Waals surface area contributed by atoms with Gasteiger partial charge in [0.1, 0.15) is 5.65 Å². The second kappa shape index (κ2) is 5.64. The number of carbonyl (C=O) groups excluding carboxylic acids is 1. The number of nitrogens with zero attached hydrogens (tertiary/aromatic N) is 2. The van der Waals surface area contributed by atoms with Crippen LogP contribution in [0.5, 0.6) is 0 Å². The summed E-state index contributed by atoms with van der Waals surface area (Å²) >= 11 is 0. The summed E-state index contributed by atoms with van der Waals surface area (Å²) in [5.41, 5.74) is 6.32. The van der Waals surface area contributed by atoms with Gasteiger partial charge in [-0.1, -0.05) is 43.0 Å². The zero-order valence-corrected chi connectivity index (χ0v) is 13.6. The summed E-state index contributed by atoms with van der Waals surface area (Å²) in [5, 5.41) is 2.97. The molecule has 1 aliphatic rings. The van der Waals surface area contributed by atoms with Gasteiger partial charge in [-0.3, -0.25) is 4.79 Å². The quantitative estimate of drug-likeness (QED) is 0.787. The maximum atomic E-state index is 12.2. The van der Waals surface area contributed by atoms with Crippen molar-refractivity contribution in [1.82, 2.24) is 14.7 Å². The number of rotatable bonds is 2. The van der Waals surface area contributed by atoms with Crippen molar-refractivity contribution >= 4 is 17.6 Å². The standard InChI is InChI=1S/C20H19N3O/c1-3-14-5-4-6-15(9-14)16-10-19(24)21-11-17-20(16)23-12-13(2)7-8-18(23)22-17/h3-9,12,16H,1,10-11H2,2H3,(H,21,24)/t16-/m1/s1. The lowest BCUT2D eigenvalue weighted by Gasteiger charge is -2.16. The van der Waals surface area contributed by atoms with Gasteiger partial charge in [0.2, 0.25) is 5.91 Å². The Kier molecular flexibility index (Phi) is 3.45. The fourth-order valence-electron chi connectivity index (χ4n) is 3.43. The fraction of sp³-hybridized carbons (Fsp3) is 0.200. The van der Waals surface area contributed by atoms with Crippen LogP contribution >= 0.6 is 0 Å². The van der Waals surface area contributed by atoms with Crippen molar-refractivity contribution in [3.8, 4) is 0 Å². The summed E-state index contributed by atoms with van der Waals surface area (Å²) in [6.07, 6.45) is 4.36. The number of aromatic nitrogens is 2. The molecule has 4 rings (SSSR count). The summed E-state index contributed by atoms with van der Waals surface area (Å²) in [4.78, 5) is 17.0. The van der Waals surface area contributed by atoms with E-state index in [9.17, 15) is 4.79 Å². The van der Waals surface area contributed by atoms with E-state index in [4.69, 9.17) is 4.98 Å². The Bertz CT molecular complexity index is 955. The van der Waals surface area contributed by atoms with Crippen LogP contribution in [0.2, 0.25) is 0 Å². The van der Waals surface area contributed by atoms with E-state index >= 15 is 0 Å². The SMILES string of the molecule is C=Cc1cccc([C@H]2CC(=O)NCc3nc4ccc(C)cn4c32)c1. The minimum atomic E-state index is -0.0146. The van der Waals surface area contributed by atoms with E-state index in [2.05, 4.69) is 47.6 Å². The number of hydrogen-bond acceptors (Lipinski definition) is 2. The second-order valence-corrected chi connectivity index (χ2v) is 6.29. The van der Waals surface area contributed by atoms with Crippen LogP contribution in [-0.2, 0) is 11.3 Å². The summed E-state index contributed by atoms with van der Waals surface area (Å²) in [5.74, 6) is 0.0441. The first-order valence-corrected chi connectivity index (χ1v) is 8.12. The van der Waals surface area contributed by atoms with Crippen molar-refractivity contribution in [2.75, 3.05) is 0 Å². The molecule has 1 atom stereocenters. The number of carbonyl (C=O) groups is 1. The van der Waals surface area contributed by atoms with Crippen molar-refractivity contribution < 1.29 is 4.79 Å². The molecule has 1 aromatic carbocycles. The third-order valence-electron chi connectivity index (χ3n) is 4.60. The number of fused-ring (bicyclic) bond motifs is 3. The Balaban J connectivity index is 1.96. The van der Waals surface area contributed by atoms with Crippen LogP contribution in [0.25, 0.3) is 11.7 Å². The van der Waals surface area contributed by atoms with Crippen molar-refractivity contribution in [2.24, 2.45) is 0 Å². The maximum Gasteiger partial charge on any atom is 0.221 e. The van der Waals surface area contributed by atoms with Gasteiger partial charge in [-0.25, -0.2) is 4.98 Å². The molecular weight excluding hydrogens is 298 g/mol. The molecule has 0 radical (unpaired) electrons. The zero-order chi connectivity index (χ0) is 16.7. The first-order chi connectivity index (χ1) is 11.7. The van der Waals surface area contributed by atoms with E-state index in [0.29, 0.717) is 13.0 Å². The van der Waals surface area contributed by atoms with Crippen LogP contribution in [0, 0.1) is 6.92 Å². The van der Waals surface area contributed by atoms with Gasteiger partial charge in [-0.05, 0) is 29.7 Å². The highest BCUT2D eigenvalue weighted by atomic mass is 16.1. The van der Waals surface area contributed by atoms with Crippen molar-refractivity contribution in [3.05, 3.63) is 77.3 Å². The average Bonchev–Trinajstić information content (AvgIpc) is 2.86. The van der Waals surface area contributed by atoms with Gasteiger partial charge in [-0.2, -0.15) is 0 Å². The first kappa shape index (κ1) is 14.7. The predicted octanol–water partition coefficient (Wildman–Crippen LogP) is 3.44. The number of imidazole rings is 1. The predicted molar refractivity (Wildman–Crippen MR) is 94.8 cm³/mol. The molecule has 3 heterocycles. The molecule has 0 saturated heterocycles. The summed E-state index contributed by atoms with van der Waals surface area (Å²) in [6.45, 7) is 6.40. The van der Waals surface area contributed by atoms with Crippen molar-refractivity contribution in [3.63, 3.8) is 0 Å². The molecule has 0 fully saturated rings. The number of aryl methyl sites for hydroxylation is 1. The van der Waals surface area contributed by atoms with Gasteiger partial charge in [0.05, 0.1) is 17.9 Å². The number of hydrogen-bond donors (Lipinski definition) is 1. The molecule has 4 heteroatoms. The van der Waals surface area contributed by atoms with E-state index in [1.54, 1.807) is 0 Å². The summed E-state index contributed by atoms with van der Waals surface area (Å²) < 4.78 is 2.14. The summed E-state index contributed by atoms with van der Waals surface area (Å²) in [7, 11) is 0.